The third-order valence-corrected chi connectivity index (χ3v) is 8.72. The number of hydrogen-bond donors (Lipinski definition) is 2. The molecule has 8 nitrogen and oxygen atoms in total. The van der Waals surface area contributed by atoms with Crippen molar-refractivity contribution in [1.29, 1.82) is 5.26 Å². The van der Waals surface area contributed by atoms with Crippen molar-refractivity contribution in [2.24, 2.45) is 5.73 Å². The van der Waals surface area contributed by atoms with E-state index in [4.69, 9.17) is 17.3 Å². The van der Waals surface area contributed by atoms with Crippen molar-refractivity contribution in [3.05, 3.63) is 87.3 Å². The van der Waals surface area contributed by atoms with E-state index in [0.29, 0.717) is 50.6 Å². The summed E-state index contributed by atoms with van der Waals surface area (Å²) in [4.78, 5) is 27.4. The average molecular weight is 563 g/mol. The zero-order valence-electron chi connectivity index (χ0n) is 20.4. The molecule has 0 radical (unpaired) electrons. The van der Waals surface area contributed by atoms with Gasteiger partial charge in [0.15, 0.2) is 10.1 Å². The van der Waals surface area contributed by atoms with Gasteiger partial charge in [-0.05, 0) is 37.5 Å². The molecule has 192 valence electrons. The van der Waals surface area contributed by atoms with Crippen LogP contribution in [0.4, 0.5) is 10.8 Å². The van der Waals surface area contributed by atoms with Crippen LogP contribution in [0.3, 0.4) is 0 Å². The van der Waals surface area contributed by atoms with Crippen molar-refractivity contribution in [3.63, 3.8) is 0 Å². The number of para-hydroxylation sites is 1. The third-order valence-electron chi connectivity index (χ3n) is 6.35. The molecule has 3 aromatic rings. The quantitative estimate of drug-likeness (QED) is 0.375. The minimum Gasteiger partial charge on any atom is -0.384 e. The van der Waals surface area contributed by atoms with Gasteiger partial charge in [0, 0.05) is 17.7 Å². The first-order valence-electron chi connectivity index (χ1n) is 11.9. The number of benzene rings is 2. The number of nitrogens with two attached hydrogens (primary N) is 1. The van der Waals surface area contributed by atoms with Gasteiger partial charge in [-0.15, -0.1) is 10.2 Å². The monoisotopic (exact) mass is 562 g/mol. The lowest BCUT2D eigenvalue weighted by atomic mass is 9.75. The molecular weight excluding hydrogens is 540 g/mol. The highest BCUT2D eigenvalue weighted by atomic mass is 35.5. The molecule has 1 atom stereocenters. The Kier molecular flexibility index (Phi) is 7.51. The fourth-order valence-corrected chi connectivity index (χ4v) is 6.58. The third kappa shape index (κ3) is 5.05. The van der Waals surface area contributed by atoms with E-state index in [-0.39, 0.29) is 23.3 Å². The number of carbonyl (C=O) groups is 2. The van der Waals surface area contributed by atoms with Gasteiger partial charge in [-0.1, -0.05) is 76.7 Å². The molecule has 1 aliphatic heterocycles. The molecule has 0 bridgehead atoms. The highest BCUT2D eigenvalue weighted by Gasteiger charge is 2.41. The number of carbonyl (C=O) groups excluding carboxylic acids is 2. The number of hydrogen-bond acceptors (Lipinski definition) is 9. The molecule has 0 saturated carbocycles. The maximum atomic E-state index is 13.3. The number of thioether (sulfide) groups is 1. The smallest absolute Gasteiger partial charge is 0.234 e. The molecule has 0 saturated heterocycles. The number of amides is 1. The van der Waals surface area contributed by atoms with Crippen molar-refractivity contribution < 1.29 is 9.59 Å². The number of anilines is 2. The SMILES string of the molecule is Cc1cccc(C2C(C#N)=C(N)N(c3nnc(SCC(=O)Nc4ccccc4Cl)s3)C3=C2C(=O)CCC3)c1. The molecule has 38 heavy (non-hydrogen) atoms. The predicted octanol–water partition coefficient (Wildman–Crippen LogP) is 5.54. The van der Waals surface area contributed by atoms with Gasteiger partial charge in [0.2, 0.25) is 11.0 Å². The van der Waals surface area contributed by atoms with Gasteiger partial charge in [-0.25, -0.2) is 0 Å². The molecule has 2 aliphatic rings. The van der Waals surface area contributed by atoms with Gasteiger partial charge in [-0.3, -0.25) is 14.5 Å². The Morgan fingerprint density at radius 1 is 1.26 bits per heavy atom. The largest absolute Gasteiger partial charge is 0.384 e. The number of rotatable bonds is 6. The van der Waals surface area contributed by atoms with Crippen molar-refractivity contribution >= 4 is 57.2 Å². The Hall–Kier alpha value is -3.65. The van der Waals surface area contributed by atoms with Gasteiger partial charge in [-0.2, -0.15) is 5.26 Å². The number of halogens is 1. The van der Waals surface area contributed by atoms with Gasteiger partial charge < -0.3 is 11.1 Å². The number of allylic oxidation sites excluding steroid dienone is 3. The fraction of sp³-hybridized carbons (Fsp3) is 0.222. The van der Waals surface area contributed by atoms with Crippen LogP contribution >= 0.6 is 34.7 Å². The Labute approximate surface area is 233 Å². The predicted molar refractivity (Wildman–Crippen MR) is 150 cm³/mol. The number of nitrogens with zero attached hydrogens (tertiary/aromatic N) is 4. The molecule has 2 heterocycles. The second-order valence-electron chi connectivity index (χ2n) is 8.90. The second kappa shape index (κ2) is 11.0. The topological polar surface area (TPSA) is 125 Å². The molecule has 1 aromatic heterocycles. The second-order valence-corrected chi connectivity index (χ2v) is 11.5. The summed E-state index contributed by atoms with van der Waals surface area (Å²) in [6.45, 7) is 1.98. The van der Waals surface area contributed by atoms with Gasteiger partial charge >= 0.3 is 0 Å². The number of ketones is 1. The minimum atomic E-state index is -0.519. The van der Waals surface area contributed by atoms with E-state index < -0.39 is 5.92 Å². The summed E-state index contributed by atoms with van der Waals surface area (Å²) in [6.07, 6.45) is 1.74. The first-order valence-corrected chi connectivity index (χ1v) is 14.1. The zero-order valence-corrected chi connectivity index (χ0v) is 22.8. The molecule has 2 aromatic carbocycles. The zero-order chi connectivity index (χ0) is 26.8. The molecule has 1 unspecified atom stereocenters. The summed E-state index contributed by atoms with van der Waals surface area (Å²) in [7, 11) is 0. The number of nitriles is 1. The summed E-state index contributed by atoms with van der Waals surface area (Å²) in [6, 6.07) is 17.1. The Morgan fingerprint density at radius 3 is 2.84 bits per heavy atom. The summed E-state index contributed by atoms with van der Waals surface area (Å²) in [5.41, 5.74) is 10.7. The van der Waals surface area contributed by atoms with Crippen LogP contribution < -0.4 is 16.0 Å². The normalized spacial score (nSPS) is 17.3. The van der Waals surface area contributed by atoms with Crippen molar-refractivity contribution in [2.45, 2.75) is 36.4 Å². The summed E-state index contributed by atoms with van der Waals surface area (Å²) in [5, 5.41) is 22.4. The van der Waals surface area contributed by atoms with E-state index in [2.05, 4.69) is 21.6 Å². The van der Waals surface area contributed by atoms with Crippen molar-refractivity contribution in [1.82, 2.24) is 10.2 Å². The standard InChI is InChI=1S/C27H23ClN6O2S2/c1-15-6-4-7-16(12-15)23-17(13-29)25(30)34(20-10-5-11-21(35)24(20)23)26-32-33-27(38-26)37-14-22(36)31-19-9-3-2-8-18(19)28/h2-4,6-9,12,23H,5,10-11,14,30H2,1H3,(H,31,36). The lowest BCUT2D eigenvalue weighted by Gasteiger charge is -2.38. The van der Waals surface area contributed by atoms with Gasteiger partial charge in [0.1, 0.15) is 5.82 Å². The molecular formula is C27H23ClN6O2S2. The number of nitrogens with one attached hydrogen (secondary N) is 1. The maximum Gasteiger partial charge on any atom is 0.234 e. The fourth-order valence-electron chi connectivity index (χ4n) is 4.72. The molecule has 3 N–H and O–H groups in total. The molecule has 0 fully saturated rings. The van der Waals surface area contributed by atoms with E-state index in [1.54, 1.807) is 29.2 Å². The summed E-state index contributed by atoms with van der Waals surface area (Å²) < 4.78 is 0.561. The number of Topliss-reactive ketones (excluding diaryl/α,β-unsaturated/α-hetero) is 1. The van der Waals surface area contributed by atoms with Crippen LogP contribution in [0, 0.1) is 18.3 Å². The lowest BCUT2D eigenvalue weighted by Crippen LogP contribution is -2.38. The van der Waals surface area contributed by atoms with E-state index >= 15 is 0 Å². The molecule has 5 rings (SSSR count). The van der Waals surface area contributed by atoms with Crippen LogP contribution in [-0.4, -0.2) is 27.6 Å². The first kappa shape index (κ1) is 26.0. The molecule has 0 spiro atoms. The van der Waals surface area contributed by atoms with E-state index in [9.17, 15) is 14.9 Å². The highest BCUT2D eigenvalue weighted by Crippen LogP contribution is 2.47. The maximum absolute atomic E-state index is 13.3. The summed E-state index contributed by atoms with van der Waals surface area (Å²) in [5.74, 6) is -0.381. The number of aromatic nitrogens is 2. The van der Waals surface area contributed by atoms with Crippen molar-refractivity contribution in [2.75, 3.05) is 16.0 Å². The van der Waals surface area contributed by atoms with E-state index in [1.165, 1.54) is 23.1 Å². The number of aryl methyl sites for hydroxylation is 1. The Bertz CT molecular complexity index is 1540. The van der Waals surface area contributed by atoms with Crippen LogP contribution in [0.5, 0.6) is 0 Å². The van der Waals surface area contributed by atoms with Crippen LogP contribution in [0.1, 0.15) is 36.3 Å². The molecule has 1 aliphatic carbocycles. The van der Waals surface area contributed by atoms with Crippen LogP contribution in [0.25, 0.3) is 0 Å². The van der Waals surface area contributed by atoms with E-state index in [1.807, 2.05) is 31.2 Å². The minimum absolute atomic E-state index is 0.0124. The lowest BCUT2D eigenvalue weighted by molar-refractivity contribution is -0.116. The molecule has 11 heteroatoms. The van der Waals surface area contributed by atoms with Crippen LogP contribution in [0.15, 0.2) is 75.5 Å². The van der Waals surface area contributed by atoms with Crippen LogP contribution in [0.2, 0.25) is 5.02 Å². The Morgan fingerprint density at radius 2 is 2.08 bits per heavy atom. The molecule has 1 amide bonds. The average Bonchev–Trinajstić information content (AvgIpc) is 3.37. The van der Waals surface area contributed by atoms with Gasteiger partial charge in [0.05, 0.1) is 34.0 Å². The Balaban J connectivity index is 1.43. The highest BCUT2D eigenvalue weighted by molar-refractivity contribution is 8.01. The first-order chi connectivity index (χ1) is 18.4. The summed E-state index contributed by atoms with van der Waals surface area (Å²) >= 11 is 8.61. The van der Waals surface area contributed by atoms with Crippen LogP contribution in [-0.2, 0) is 9.59 Å². The van der Waals surface area contributed by atoms with E-state index in [0.717, 1.165) is 16.8 Å². The van der Waals surface area contributed by atoms with Crippen molar-refractivity contribution in [3.8, 4) is 6.07 Å². The van der Waals surface area contributed by atoms with Gasteiger partial charge in [0.25, 0.3) is 0 Å².